The van der Waals surface area contributed by atoms with Crippen molar-refractivity contribution in [3.05, 3.63) is 87.7 Å². The largest absolute Gasteiger partial charge is 0.488 e. The van der Waals surface area contributed by atoms with Crippen molar-refractivity contribution in [2.75, 3.05) is 6.54 Å². The lowest BCUT2D eigenvalue weighted by Crippen LogP contribution is -2.47. The average molecular weight is 869 g/mol. The van der Waals surface area contributed by atoms with Crippen molar-refractivity contribution < 1.29 is 31.9 Å². The number of allylic oxidation sites excluding steroid dienone is 2. The Balaban J connectivity index is 1.15. The zero-order chi connectivity index (χ0) is 43.4. The Labute approximate surface area is 362 Å². The van der Waals surface area contributed by atoms with Crippen molar-refractivity contribution in [2.45, 2.75) is 135 Å². The lowest BCUT2D eigenvalue weighted by Gasteiger charge is -2.29. The molecule has 2 aromatic heterocycles. The number of Topliss-reactive ketones (excluding diaryl/α,β-unsaturated/α-hetero) is 1. The van der Waals surface area contributed by atoms with Crippen LogP contribution in [-0.2, 0) is 30.8 Å². The third kappa shape index (κ3) is 8.78. The molecule has 0 spiro atoms. The Kier molecular flexibility index (Phi) is 11.8. The Hall–Kier alpha value is -4.49. The van der Waals surface area contributed by atoms with Gasteiger partial charge in [-0.05, 0) is 125 Å². The number of carbonyl (C=O) groups excluding carboxylic acids is 3. The summed E-state index contributed by atoms with van der Waals surface area (Å²) in [5, 5.41) is 3.62. The van der Waals surface area contributed by atoms with Gasteiger partial charge < -0.3 is 9.64 Å². The van der Waals surface area contributed by atoms with Gasteiger partial charge in [0.15, 0.2) is 5.78 Å². The molecule has 324 valence electrons. The van der Waals surface area contributed by atoms with E-state index in [1.807, 2.05) is 62.6 Å². The molecule has 2 aliphatic heterocycles. The Bertz CT molecular complexity index is 2510. The van der Waals surface area contributed by atoms with Crippen molar-refractivity contribution in [1.82, 2.24) is 19.6 Å². The number of aromatic nitrogens is 2. The summed E-state index contributed by atoms with van der Waals surface area (Å²) in [5.41, 5.74) is 4.78. The summed E-state index contributed by atoms with van der Waals surface area (Å²) in [6.07, 6.45) is 8.83. The fourth-order valence-corrected chi connectivity index (χ4v) is 11.5. The third-order valence-electron chi connectivity index (χ3n) is 13.6. The molecule has 13 heteroatoms. The summed E-state index contributed by atoms with van der Waals surface area (Å²) in [6, 6.07) is 9.86. The molecule has 10 nitrogen and oxygen atoms in total. The zero-order valence-electron chi connectivity index (χ0n) is 36.1. The number of nitrogens with zero attached hydrogens (tertiary/aromatic N) is 3. The smallest absolute Gasteiger partial charge is 0.240 e. The van der Waals surface area contributed by atoms with E-state index >= 15 is 4.79 Å². The Morgan fingerprint density at radius 1 is 1.07 bits per heavy atom. The molecule has 2 aromatic carbocycles. The predicted octanol–water partition coefficient (Wildman–Crippen LogP) is 9.24. The quantitative estimate of drug-likeness (QED) is 0.165. The van der Waals surface area contributed by atoms with Crippen LogP contribution in [0, 0.1) is 43.8 Å². The van der Waals surface area contributed by atoms with Crippen LogP contribution in [0.25, 0.3) is 21.6 Å². The molecule has 8 rings (SSSR count). The number of nitrogens with one attached hydrogen (secondary N) is 1. The first kappa shape index (κ1) is 43.2. The molecule has 1 N–H and O–H groups in total. The number of pyridine rings is 1. The molecule has 4 aliphatic rings. The molecule has 0 unspecified atom stereocenters. The van der Waals surface area contributed by atoms with Crippen LogP contribution in [0.4, 0.5) is 4.39 Å². The van der Waals surface area contributed by atoms with Crippen LogP contribution in [0.15, 0.2) is 53.9 Å². The van der Waals surface area contributed by atoms with Gasteiger partial charge in [0, 0.05) is 35.6 Å². The molecule has 0 bridgehead atoms. The average Bonchev–Trinajstić information content (AvgIpc) is 3.97. The van der Waals surface area contributed by atoms with Gasteiger partial charge in [-0.3, -0.25) is 19.1 Å². The van der Waals surface area contributed by atoms with E-state index in [-0.39, 0.29) is 48.7 Å². The van der Waals surface area contributed by atoms with Crippen LogP contribution < -0.4 is 9.46 Å². The molecule has 0 radical (unpaired) electrons. The van der Waals surface area contributed by atoms with Crippen LogP contribution in [0.3, 0.4) is 0 Å². The molecule has 1 saturated heterocycles. The molecule has 2 saturated carbocycles. The first-order chi connectivity index (χ1) is 29.0. The molecular weight excluding hydrogens is 812 g/mol. The number of carbonyl (C=O) groups is 3. The topological polar surface area (TPSA) is 136 Å². The van der Waals surface area contributed by atoms with Gasteiger partial charge in [-0.2, -0.15) is 0 Å². The van der Waals surface area contributed by atoms with Gasteiger partial charge >= 0.3 is 0 Å². The van der Waals surface area contributed by atoms with Crippen molar-refractivity contribution in [1.29, 1.82) is 0 Å². The number of benzene rings is 2. The lowest BCUT2D eigenvalue weighted by molar-refractivity contribution is -0.142. The van der Waals surface area contributed by atoms with Crippen LogP contribution in [0.2, 0.25) is 0 Å². The summed E-state index contributed by atoms with van der Waals surface area (Å²) < 4.78 is 49.6. The number of ketones is 1. The molecule has 2 amide bonds. The third-order valence-corrected chi connectivity index (χ3v) is 16.7. The zero-order valence-corrected chi connectivity index (χ0v) is 37.7. The van der Waals surface area contributed by atoms with Crippen LogP contribution in [0.5, 0.6) is 5.75 Å². The normalized spacial score (nSPS) is 26.0. The van der Waals surface area contributed by atoms with Gasteiger partial charge in [-0.15, -0.1) is 11.3 Å². The van der Waals surface area contributed by atoms with Crippen molar-refractivity contribution in [2.24, 2.45) is 17.3 Å². The maximum absolute atomic E-state index is 15.0. The summed E-state index contributed by atoms with van der Waals surface area (Å²) >= 11 is 1.53. The van der Waals surface area contributed by atoms with E-state index in [1.165, 1.54) is 23.5 Å². The molecule has 2 aliphatic carbocycles. The lowest BCUT2D eigenvalue weighted by atomic mass is 9.89. The number of sulfonamides is 1. The molecular formula is C48H57FN4O6S2. The number of halogens is 1. The number of hydrogen-bond donors (Lipinski definition) is 1. The second-order valence-electron chi connectivity index (χ2n) is 18.7. The standard InChI is InChI=1S/C48H57FN4O6S2/c1-28(2)39-27-60-44(51-39)38-23-42(37-15-14-30(4)31(5)43(37)50-38)59-36-22-40-41(54)25-48(46(56)52-61(57,58)47(6)16-17-47)24-34(48)13-11-9-7-8-10-12-33(45(55)53(40)26-36)20-32-18-29(3)19-35(49)21-32/h11,13-15,18-19,21,23,27-28,33-34,36,40H,7-10,12,16-17,20,22,24-26H2,1-6H3,(H,52,56)/b13-11-/t33-,34-,36-,40+,48-/m1/s1. The van der Waals surface area contributed by atoms with E-state index in [1.54, 1.807) is 11.8 Å². The summed E-state index contributed by atoms with van der Waals surface area (Å²) in [5.74, 6) is -1.52. The van der Waals surface area contributed by atoms with Crippen LogP contribution >= 0.6 is 11.3 Å². The minimum Gasteiger partial charge on any atom is -0.488 e. The SMILES string of the molecule is Cc1cc(F)cc(C[C@H]2CCCCC/C=C\[C@@H]3C[C@@]3(C(=O)NS(=O)(=O)C3(C)CC3)CC(=O)[C@@H]3C[C@@H](Oc4cc(-c5nc(C(C)C)cs5)nc5c(C)c(C)ccc45)CN3C2=O)c1. The number of thiazole rings is 1. The first-order valence-electron chi connectivity index (χ1n) is 21.8. The van der Waals surface area contributed by atoms with Crippen molar-refractivity contribution in [3.63, 3.8) is 0 Å². The molecule has 61 heavy (non-hydrogen) atoms. The van der Waals surface area contributed by atoms with Gasteiger partial charge in [0.2, 0.25) is 21.8 Å². The number of amides is 2. The second-order valence-corrected chi connectivity index (χ2v) is 21.8. The number of hydrogen-bond acceptors (Lipinski definition) is 9. The van der Waals surface area contributed by atoms with Crippen LogP contribution in [-0.4, -0.2) is 64.3 Å². The van der Waals surface area contributed by atoms with Crippen molar-refractivity contribution in [3.8, 4) is 16.5 Å². The number of fused-ring (bicyclic) bond motifs is 3. The maximum Gasteiger partial charge on any atom is 0.240 e. The molecule has 4 heterocycles. The number of rotatable bonds is 9. The minimum atomic E-state index is -3.95. The van der Waals surface area contributed by atoms with E-state index in [0.717, 1.165) is 69.5 Å². The molecule has 3 fully saturated rings. The predicted molar refractivity (Wildman–Crippen MR) is 236 cm³/mol. The number of aryl methyl sites for hydroxylation is 3. The van der Waals surface area contributed by atoms with E-state index in [0.29, 0.717) is 43.5 Å². The Morgan fingerprint density at radius 2 is 1.85 bits per heavy atom. The van der Waals surface area contributed by atoms with Gasteiger partial charge in [0.25, 0.3) is 0 Å². The number of ether oxygens (including phenoxy) is 1. The highest BCUT2D eigenvalue weighted by atomic mass is 32.2. The van der Waals surface area contributed by atoms with Gasteiger partial charge in [-0.1, -0.05) is 51.0 Å². The minimum absolute atomic E-state index is 0.127. The summed E-state index contributed by atoms with van der Waals surface area (Å²) in [6.45, 7) is 11.9. The first-order valence-corrected chi connectivity index (χ1v) is 24.2. The molecule has 4 aromatic rings. The monoisotopic (exact) mass is 868 g/mol. The fraction of sp³-hybridized carbons (Fsp3) is 0.521. The summed E-state index contributed by atoms with van der Waals surface area (Å²) in [7, 11) is -3.95. The highest BCUT2D eigenvalue weighted by molar-refractivity contribution is 7.91. The highest BCUT2D eigenvalue weighted by Gasteiger charge is 2.62. The van der Waals surface area contributed by atoms with Crippen molar-refractivity contribution >= 4 is 49.9 Å². The second kappa shape index (κ2) is 16.7. The van der Waals surface area contributed by atoms with E-state index in [9.17, 15) is 22.4 Å². The summed E-state index contributed by atoms with van der Waals surface area (Å²) in [4.78, 5) is 55.6. The van der Waals surface area contributed by atoms with Crippen LogP contribution in [0.1, 0.15) is 119 Å². The van der Waals surface area contributed by atoms with Gasteiger partial charge in [0.05, 0.1) is 34.0 Å². The fourth-order valence-electron chi connectivity index (χ4n) is 9.19. The molecule has 5 atom stereocenters. The highest BCUT2D eigenvalue weighted by Crippen LogP contribution is 2.58. The van der Waals surface area contributed by atoms with E-state index in [2.05, 4.69) is 18.6 Å². The van der Waals surface area contributed by atoms with E-state index in [4.69, 9.17) is 14.7 Å². The van der Waals surface area contributed by atoms with Gasteiger partial charge in [0.1, 0.15) is 28.4 Å². The van der Waals surface area contributed by atoms with E-state index < -0.39 is 44.2 Å². The van der Waals surface area contributed by atoms with Gasteiger partial charge in [-0.25, -0.2) is 22.8 Å². The maximum atomic E-state index is 15.0. The Morgan fingerprint density at radius 3 is 2.57 bits per heavy atom.